The first-order valence-corrected chi connectivity index (χ1v) is 7.84. The highest BCUT2D eigenvalue weighted by Crippen LogP contribution is 2.56. The summed E-state index contributed by atoms with van der Waals surface area (Å²) in [5.41, 5.74) is -0.696. The van der Waals surface area contributed by atoms with Gasteiger partial charge in [0.1, 0.15) is 0 Å². The molecule has 0 aromatic heterocycles. The summed E-state index contributed by atoms with van der Waals surface area (Å²) in [7, 11) is -5.56. The van der Waals surface area contributed by atoms with Gasteiger partial charge in [0.2, 0.25) is 0 Å². The van der Waals surface area contributed by atoms with E-state index in [9.17, 15) is 40.5 Å². The highest BCUT2D eigenvalue weighted by atomic mass is 31.2. The molecule has 0 radical (unpaired) electrons. The van der Waals surface area contributed by atoms with Gasteiger partial charge in [0.25, 0.3) is 11.8 Å². The van der Waals surface area contributed by atoms with E-state index in [0.29, 0.717) is 0 Å². The van der Waals surface area contributed by atoms with Gasteiger partial charge in [-0.1, -0.05) is 12.1 Å². The summed E-state index contributed by atoms with van der Waals surface area (Å²) < 4.78 is 93.7. The Kier molecular flexibility index (Phi) is 4.99. The van der Waals surface area contributed by atoms with Crippen molar-refractivity contribution in [3.05, 3.63) is 35.4 Å². The van der Waals surface area contributed by atoms with Crippen LogP contribution in [0, 0.1) is 0 Å². The molecule has 0 aliphatic carbocycles. The lowest BCUT2D eigenvalue weighted by Gasteiger charge is -2.25. The van der Waals surface area contributed by atoms with Crippen molar-refractivity contribution in [2.75, 3.05) is 13.2 Å². The number of alkyl halides is 6. The molecule has 0 unspecified atom stereocenters. The van der Waals surface area contributed by atoms with Gasteiger partial charge in [0, 0.05) is 0 Å². The van der Waals surface area contributed by atoms with E-state index in [2.05, 4.69) is 9.05 Å². The van der Waals surface area contributed by atoms with E-state index in [1.165, 1.54) is 12.1 Å². The molecule has 1 aromatic carbocycles. The van der Waals surface area contributed by atoms with Crippen LogP contribution >= 0.6 is 7.75 Å². The molecular formula is C12H8F6NO5P. The molecule has 0 saturated heterocycles. The predicted octanol–water partition coefficient (Wildman–Crippen LogP) is 3.55. The van der Waals surface area contributed by atoms with Gasteiger partial charge in [-0.25, -0.2) is 4.57 Å². The first-order chi connectivity index (χ1) is 11.3. The van der Waals surface area contributed by atoms with Gasteiger partial charge in [-0.3, -0.25) is 18.6 Å². The number of hydrogen-bond acceptors (Lipinski definition) is 5. The van der Waals surface area contributed by atoms with Crippen LogP contribution < -0.4 is 0 Å². The minimum Gasteiger partial charge on any atom is -0.282 e. The fourth-order valence-corrected chi connectivity index (χ4v) is 3.45. The molecule has 2 rings (SSSR count). The van der Waals surface area contributed by atoms with Crippen molar-refractivity contribution in [2.24, 2.45) is 0 Å². The van der Waals surface area contributed by atoms with Gasteiger partial charge < -0.3 is 0 Å². The van der Waals surface area contributed by atoms with Crippen molar-refractivity contribution in [1.29, 1.82) is 0 Å². The Balaban J connectivity index is 2.37. The average molecular weight is 391 g/mol. The van der Waals surface area contributed by atoms with E-state index in [1.54, 1.807) is 0 Å². The normalized spacial score (nSPS) is 15.7. The largest absolute Gasteiger partial charge is 0.445 e. The van der Waals surface area contributed by atoms with Crippen LogP contribution in [0.3, 0.4) is 0 Å². The molecule has 6 nitrogen and oxygen atoms in total. The number of amides is 2. The van der Waals surface area contributed by atoms with Crippen LogP contribution in [0.1, 0.15) is 20.7 Å². The van der Waals surface area contributed by atoms with Gasteiger partial charge in [-0.2, -0.15) is 31.0 Å². The van der Waals surface area contributed by atoms with Crippen molar-refractivity contribution in [1.82, 2.24) is 4.67 Å². The molecule has 0 bridgehead atoms. The van der Waals surface area contributed by atoms with Crippen molar-refractivity contribution >= 4 is 19.6 Å². The van der Waals surface area contributed by atoms with Gasteiger partial charge in [0.05, 0.1) is 11.1 Å². The van der Waals surface area contributed by atoms with Crippen LogP contribution in [-0.2, 0) is 13.6 Å². The fourth-order valence-electron chi connectivity index (χ4n) is 1.86. The summed E-state index contributed by atoms with van der Waals surface area (Å²) in [4.78, 5) is 24.2. The van der Waals surface area contributed by atoms with Crippen molar-refractivity contribution in [3.63, 3.8) is 0 Å². The zero-order valence-corrected chi connectivity index (χ0v) is 12.8. The Hall–Kier alpha value is -1.91. The number of benzene rings is 1. The Bertz CT molecular complexity index is 689. The van der Waals surface area contributed by atoms with Crippen molar-refractivity contribution in [3.8, 4) is 0 Å². The summed E-state index contributed by atoms with van der Waals surface area (Å²) in [6.45, 7) is -4.56. The van der Waals surface area contributed by atoms with Gasteiger partial charge >= 0.3 is 20.1 Å². The minimum atomic E-state index is -5.56. The monoisotopic (exact) mass is 391 g/mol. The van der Waals surface area contributed by atoms with Crippen LogP contribution in [-0.4, -0.2) is 42.1 Å². The topological polar surface area (TPSA) is 72.9 Å². The lowest BCUT2D eigenvalue weighted by atomic mass is 10.1. The number of hydrogen-bond donors (Lipinski definition) is 0. The molecule has 1 aliphatic rings. The summed E-state index contributed by atoms with van der Waals surface area (Å²) in [6.07, 6.45) is -10.2. The second kappa shape index (κ2) is 6.43. The zero-order valence-electron chi connectivity index (χ0n) is 11.9. The Morgan fingerprint density at radius 2 is 1.20 bits per heavy atom. The van der Waals surface area contributed by atoms with Crippen LogP contribution in [0.25, 0.3) is 0 Å². The first-order valence-electron chi connectivity index (χ1n) is 6.35. The molecule has 0 saturated carbocycles. The van der Waals surface area contributed by atoms with Gasteiger partial charge in [-0.05, 0) is 12.1 Å². The van der Waals surface area contributed by atoms with E-state index in [1.807, 2.05) is 0 Å². The van der Waals surface area contributed by atoms with Gasteiger partial charge in [-0.15, -0.1) is 0 Å². The molecule has 0 spiro atoms. The molecule has 0 fully saturated rings. The molecule has 25 heavy (non-hydrogen) atoms. The second-order valence-corrected chi connectivity index (χ2v) is 6.57. The van der Waals surface area contributed by atoms with E-state index in [0.717, 1.165) is 12.1 Å². The molecule has 13 heteroatoms. The van der Waals surface area contributed by atoms with E-state index in [4.69, 9.17) is 0 Å². The Morgan fingerprint density at radius 3 is 1.52 bits per heavy atom. The molecule has 2 amide bonds. The van der Waals surface area contributed by atoms with E-state index in [-0.39, 0.29) is 15.8 Å². The highest BCUT2D eigenvalue weighted by molar-refractivity contribution is 7.53. The van der Waals surface area contributed by atoms with Crippen molar-refractivity contribution in [2.45, 2.75) is 12.4 Å². The van der Waals surface area contributed by atoms with Crippen molar-refractivity contribution < 1.29 is 49.5 Å². The number of fused-ring (bicyclic) bond motifs is 1. The average Bonchev–Trinajstić information content (AvgIpc) is 2.75. The summed E-state index contributed by atoms with van der Waals surface area (Å²) in [5.74, 6) is -2.76. The van der Waals surface area contributed by atoms with Crippen LogP contribution in [0.5, 0.6) is 0 Å². The summed E-state index contributed by atoms with van der Waals surface area (Å²) in [6, 6.07) is 4.78. The molecule has 0 N–H and O–H groups in total. The van der Waals surface area contributed by atoms with Crippen LogP contribution in [0.4, 0.5) is 26.3 Å². The standard InChI is InChI=1S/C12H8F6NO5P/c13-11(14,15)5-23-25(22,24-6-12(16,17)18)19-9(20)7-3-1-2-4-8(7)10(19)21/h1-4H,5-6H2. The zero-order chi connectivity index (χ0) is 19.0. The maximum atomic E-state index is 12.4. The Morgan fingerprint density at radius 1 is 0.840 bits per heavy atom. The van der Waals surface area contributed by atoms with E-state index < -0.39 is 45.1 Å². The molecule has 1 aromatic rings. The molecule has 1 heterocycles. The number of imide groups is 1. The fraction of sp³-hybridized carbons (Fsp3) is 0.333. The number of carbonyl (C=O) groups excluding carboxylic acids is 2. The smallest absolute Gasteiger partial charge is 0.282 e. The van der Waals surface area contributed by atoms with Gasteiger partial charge in [0.15, 0.2) is 13.2 Å². The third kappa shape index (κ3) is 4.39. The quantitative estimate of drug-likeness (QED) is 0.436. The van der Waals surface area contributed by atoms with Crippen LogP contribution in [0.2, 0.25) is 0 Å². The summed E-state index contributed by atoms with van der Waals surface area (Å²) >= 11 is 0. The lowest BCUT2D eigenvalue weighted by Crippen LogP contribution is -2.32. The predicted molar refractivity (Wildman–Crippen MR) is 68.6 cm³/mol. The van der Waals surface area contributed by atoms with E-state index >= 15 is 0 Å². The maximum absolute atomic E-state index is 12.4. The maximum Gasteiger partial charge on any atom is 0.445 e. The summed E-state index contributed by atoms with van der Waals surface area (Å²) in [5, 5.41) is 0. The number of nitrogens with zero attached hydrogens (tertiary/aromatic N) is 1. The first kappa shape index (κ1) is 19.4. The molecule has 0 atom stereocenters. The number of carbonyl (C=O) groups is 2. The highest BCUT2D eigenvalue weighted by Gasteiger charge is 2.51. The number of rotatable bonds is 5. The lowest BCUT2D eigenvalue weighted by molar-refractivity contribution is -0.167. The molecule has 1 aliphatic heterocycles. The SMILES string of the molecule is O=C1c2ccccc2C(=O)N1P(=O)(OCC(F)(F)F)OCC(F)(F)F. The molecule has 138 valence electrons. The third-order valence-corrected chi connectivity index (χ3v) is 4.56. The Labute approximate surface area is 135 Å². The number of halogens is 6. The second-order valence-electron chi connectivity index (χ2n) is 4.71. The minimum absolute atomic E-state index is 0.338. The third-order valence-electron chi connectivity index (χ3n) is 2.80. The molecular weight excluding hydrogens is 383 g/mol. The van der Waals surface area contributed by atoms with Crippen LogP contribution in [0.15, 0.2) is 24.3 Å².